The number of carbonyl (C=O) groups is 1. The summed E-state index contributed by atoms with van der Waals surface area (Å²) in [6.07, 6.45) is 5.98. The first-order valence-corrected chi connectivity index (χ1v) is 7.49. The molecule has 0 bridgehead atoms. The van der Waals surface area contributed by atoms with E-state index in [1.165, 1.54) is 5.56 Å². The molecule has 2 N–H and O–H groups in total. The molecule has 0 unspecified atom stereocenters. The van der Waals surface area contributed by atoms with E-state index in [4.69, 9.17) is 10.5 Å². The lowest BCUT2D eigenvalue weighted by molar-refractivity contribution is 0.0313. The Bertz CT molecular complexity index is 656. The molecule has 1 aliphatic rings. The number of aromatic nitrogens is 2. The van der Waals surface area contributed by atoms with Gasteiger partial charge < -0.3 is 10.5 Å². The molecular formula is C17H21N3O2. The SMILES string of the molecule is CC(C)(CC1(c2ccc(-n3cccn3)cc2)CC1)OC(N)=O. The zero-order valence-electron chi connectivity index (χ0n) is 13.0. The van der Waals surface area contributed by atoms with Gasteiger partial charge in [-0.3, -0.25) is 0 Å². The summed E-state index contributed by atoms with van der Waals surface area (Å²) in [6, 6.07) is 10.3. The maximum absolute atomic E-state index is 11.0. The molecule has 3 rings (SSSR count). The van der Waals surface area contributed by atoms with Gasteiger partial charge in [-0.1, -0.05) is 12.1 Å². The van der Waals surface area contributed by atoms with Gasteiger partial charge in [0.1, 0.15) is 5.60 Å². The number of hydrogen-bond acceptors (Lipinski definition) is 3. The molecule has 1 fully saturated rings. The summed E-state index contributed by atoms with van der Waals surface area (Å²) in [6.45, 7) is 3.83. The van der Waals surface area contributed by atoms with Crippen molar-refractivity contribution in [2.24, 2.45) is 5.73 Å². The predicted molar refractivity (Wildman–Crippen MR) is 83.8 cm³/mol. The summed E-state index contributed by atoms with van der Waals surface area (Å²) >= 11 is 0. The van der Waals surface area contributed by atoms with Crippen molar-refractivity contribution >= 4 is 6.09 Å². The van der Waals surface area contributed by atoms with Crippen molar-refractivity contribution in [3.05, 3.63) is 48.3 Å². The number of carbonyl (C=O) groups excluding carboxylic acids is 1. The van der Waals surface area contributed by atoms with Crippen LogP contribution in [0.4, 0.5) is 4.79 Å². The van der Waals surface area contributed by atoms with Crippen LogP contribution < -0.4 is 5.73 Å². The molecule has 0 saturated heterocycles. The summed E-state index contributed by atoms with van der Waals surface area (Å²) in [5, 5.41) is 4.23. The van der Waals surface area contributed by atoms with E-state index < -0.39 is 11.7 Å². The zero-order chi connectivity index (χ0) is 15.8. The van der Waals surface area contributed by atoms with Crippen molar-refractivity contribution in [3.8, 4) is 5.69 Å². The van der Waals surface area contributed by atoms with Crippen LogP contribution in [0.1, 0.15) is 38.7 Å². The van der Waals surface area contributed by atoms with Crippen LogP contribution >= 0.6 is 0 Å². The quantitative estimate of drug-likeness (QED) is 0.922. The molecule has 116 valence electrons. The van der Waals surface area contributed by atoms with Crippen LogP contribution in [0.15, 0.2) is 42.7 Å². The molecule has 1 amide bonds. The molecule has 1 aliphatic carbocycles. The van der Waals surface area contributed by atoms with Crippen LogP contribution in [0.5, 0.6) is 0 Å². The Kier molecular flexibility index (Phi) is 3.43. The third-order valence-corrected chi connectivity index (χ3v) is 4.24. The van der Waals surface area contributed by atoms with E-state index >= 15 is 0 Å². The molecule has 2 aromatic rings. The average Bonchev–Trinajstić information content (AvgIpc) is 3.01. The fraction of sp³-hybridized carbons (Fsp3) is 0.412. The maximum atomic E-state index is 11.0. The molecule has 1 aromatic heterocycles. The van der Waals surface area contributed by atoms with E-state index in [9.17, 15) is 4.79 Å². The maximum Gasteiger partial charge on any atom is 0.405 e. The third kappa shape index (κ3) is 2.98. The fourth-order valence-corrected chi connectivity index (χ4v) is 3.23. The predicted octanol–water partition coefficient (Wildman–Crippen LogP) is 3.17. The Morgan fingerprint density at radius 1 is 1.36 bits per heavy atom. The minimum Gasteiger partial charge on any atom is -0.444 e. The molecule has 0 atom stereocenters. The third-order valence-electron chi connectivity index (χ3n) is 4.24. The Balaban J connectivity index is 1.77. The van der Waals surface area contributed by atoms with Gasteiger partial charge in [0, 0.05) is 12.4 Å². The summed E-state index contributed by atoms with van der Waals surface area (Å²) in [7, 11) is 0. The van der Waals surface area contributed by atoms with Crippen molar-refractivity contribution in [3.63, 3.8) is 0 Å². The first-order chi connectivity index (χ1) is 10.4. The molecule has 1 saturated carbocycles. The molecule has 22 heavy (non-hydrogen) atoms. The zero-order valence-corrected chi connectivity index (χ0v) is 13.0. The van der Waals surface area contributed by atoms with Gasteiger partial charge in [0.25, 0.3) is 0 Å². The minimum atomic E-state index is -0.713. The highest BCUT2D eigenvalue weighted by molar-refractivity contribution is 5.65. The number of rotatable bonds is 5. The largest absolute Gasteiger partial charge is 0.444 e. The van der Waals surface area contributed by atoms with E-state index in [1.807, 2.05) is 30.8 Å². The van der Waals surface area contributed by atoms with Gasteiger partial charge in [0.15, 0.2) is 0 Å². The smallest absolute Gasteiger partial charge is 0.405 e. The van der Waals surface area contributed by atoms with Crippen LogP contribution in [0.3, 0.4) is 0 Å². The van der Waals surface area contributed by atoms with Gasteiger partial charge >= 0.3 is 6.09 Å². The van der Waals surface area contributed by atoms with Crippen LogP contribution in [-0.4, -0.2) is 21.5 Å². The van der Waals surface area contributed by atoms with Crippen molar-refractivity contribution in [1.82, 2.24) is 9.78 Å². The number of nitrogens with two attached hydrogens (primary N) is 1. The van der Waals surface area contributed by atoms with Gasteiger partial charge in [-0.15, -0.1) is 0 Å². The van der Waals surface area contributed by atoms with Gasteiger partial charge in [0.05, 0.1) is 5.69 Å². The van der Waals surface area contributed by atoms with E-state index in [0.717, 1.165) is 24.9 Å². The van der Waals surface area contributed by atoms with Gasteiger partial charge in [-0.25, -0.2) is 9.48 Å². The summed E-state index contributed by atoms with van der Waals surface area (Å²) < 4.78 is 7.08. The second-order valence-electron chi connectivity index (χ2n) is 6.64. The van der Waals surface area contributed by atoms with E-state index in [2.05, 4.69) is 29.4 Å². The first kappa shape index (κ1) is 14.6. The van der Waals surface area contributed by atoms with Crippen LogP contribution in [0.2, 0.25) is 0 Å². The van der Waals surface area contributed by atoms with Crippen molar-refractivity contribution in [2.75, 3.05) is 0 Å². The summed E-state index contributed by atoms with van der Waals surface area (Å²) in [5.41, 5.74) is 7.03. The number of amides is 1. The molecule has 1 heterocycles. The lowest BCUT2D eigenvalue weighted by Gasteiger charge is -2.29. The highest BCUT2D eigenvalue weighted by Crippen LogP contribution is 2.53. The molecular weight excluding hydrogens is 278 g/mol. The monoisotopic (exact) mass is 299 g/mol. The average molecular weight is 299 g/mol. The van der Waals surface area contributed by atoms with Gasteiger partial charge in [0.2, 0.25) is 0 Å². The summed E-state index contributed by atoms with van der Waals surface area (Å²) in [5.74, 6) is 0. The molecule has 0 spiro atoms. The van der Waals surface area contributed by atoms with Crippen LogP contribution in [0, 0.1) is 0 Å². The normalized spacial score (nSPS) is 16.3. The minimum absolute atomic E-state index is 0.0988. The number of hydrogen-bond donors (Lipinski definition) is 1. The van der Waals surface area contributed by atoms with Crippen LogP contribution in [0.25, 0.3) is 5.69 Å². The molecule has 1 aromatic carbocycles. The lowest BCUT2D eigenvalue weighted by atomic mass is 9.85. The van der Waals surface area contributed by atoms with Crippen molar-refractivity contribution in [1.29, 1.82) is 0 Å². The molecule has 5 nitrogen and oxygen atoms in total. The standard InChI is InChI=1S/C17H21N3O2/c1-16(2,22-15(18)21)12-17(8-9-17)13-4-6-14(7-5-13)20-11-3-10-19-20/h3-7,10-11H,8-9,12H2,1-2H3,(H2,18,21). The fourth-order valence-electron chi connectivity index (χ4n) is 3.23. The van der Waals surface area contributed by atoms with Crippen LogP contribution in [-0.2, 0) is 10.2 Å². The molecule has 0 aliphatic heterocycles. The highest BCUT2D eigenvalue weighted by atomic mass is 16.6. The van der Waals surface area contributed by atoms with Crippen molar-refractivity contribution < 1.29 is 9.53 Å². The Labute approximate surface area is 130 Å². The second-order valence-corrected chi connectivity index (χ2v) is 6.64. The van der Waals surface area contributed by atoms with Crippen molar-refractivity contribution in [2.45, 2.75) is 44.1 Å². The van der Waals surface area contributed by atoms with Gasteiger partial charge in [-0.2, -0.15) is 5.10 Å². The summed E-state index contributed by atoms with van der Waals surface area (Å²) in [4.78, 5) is 11.0. The van der Waals surface area contributed by atoms with E-state index in [0.29, 0.717) is 0 Å². The topological polar surface area (TPSA) is 70.1 Å². The Morgan fingerprint density at radius 2 is 2.05 bits per heavy atom. The number of benzene rings is 1. The number of ether oxygens (including phenoxy) is 1. The molecule has 0 radical (unpaired) electrons. The first-order valence-electron chi connectivity index (χ1n) is 7.49. The second kappa shape index (κ2) is 5.16. The number of nitrogens with zero attached hydrogens (tertiary/aromatic N) is 2. The number of primary amides is 1. The Morgan fingerprint density at radius 3 is 2.55 bits per heavy atom. The Hall–Kier alpha value is -2.30. The van der Waals surface area contributed by atoms with E-state index in [1.54, 1.807) is 6.20 Å². The highest BCUT2D eigenvalue weighted by Gasteiger charge is 2.48. The van der Waals surface area contributed by atoms with E-state index in [-0.39, 0.29) is 5.41 Å². The lowest BCUT2D eigenvalue weighted by Crippen LogP contribution is -2.34. The molecule has 5 heteroatoms. The van der Waals surface area contributed by atoms with Gasteiger partial charge in [-0.05, 0) is 62.3 Å².